The largest absolute Gasteiger partial charge is 0.280 e. The lowest BCUT2D eigenvalue weighted by molar-refractivity contribution is 0.264. The van der Waals surface area contributed by atoms with E-state index >= 15 is 0 Å². The van der Waals surface area contributed by atoms with Gasteiger partial charge in [0.25, 0.3) is 10.2 Å². The van der Waals surface area contributed by atoms with E-state index in [1.54, 1.807) is 6.92 Å². The van der Waals surface area contributed by atoms with Crippen LogP contribution in [0.5, 0.6) is 0 Å². The van der Waals surface area contributed by atoms with Crippen LogP contribution in [-0.4, -0.2) is 31.4 Å². The number of nitrogens with zero attached hydrogens (tertiary/aromatic N) is 2. The number of nitriles is 1. The molecule has 1 N–H and O–H groups in total. The smallest absolute Gasteiger partial charge is 0.197 e. The van der Waals surface area contributed by atoms with Gasteiger partial charge in [0.15, 0.2) is 0 Å². The summed E-state index contributed by atoms with van der Waals surface area (Å²) in [6.07, 6.45) is 3.35. The van der Waals surface area contributed by atoms with E-state index in [-0.39, 0.29) is 6.04 Å². The Morgan fingerprint density at radius 2 is 2.25 bits per heavy atom. The summed E-state index contributed by atoms with van der Waals surface area (Å²) in [4.78, 5) is 0. The molecular formula is C10H19N3O2S. The van der Waals surface area contributed by atoms with Crippen molar-refractivity contribution >= 4 is 10.2 Å². The molecule has 0 radical (unpaired) electrons. The minimum absolute atomic E-state index is 0.0300. The topological polar surface area (TPSA) is 73.2 Å². The molecule has 0 spiro atoms. The fourth-order valence-corrected chi connectivity index (χ4v) is 3.54. The summed E-state index contributed by atoms with van der Waals surface area (Å²) < 4.78 is 27.9. The highest BCUT2D eigenvalue weighted by molar-refractivity contribution is 7.87. The van der Waals surface area contributed by atoms with Crippen LogP contribution in [0.4, 0.5) is 0 Å². The molecule has 1 aliphatic rings. The third kappa shape index (κ3) is 3.17. The zero-order chi connectivity index (χ0) is 12.2. The lowest BCUT2D eigenvalue weighted by Gasteiger charge is -2.32. The van der Waals surface area contributed by atoms with E-state index in [1.807, 2.05) is 13.0 Å². The van der Waals surface area contributed by atoms with Gasteiger partial charge in [0.2, 0.25) is 0 Å². The van der Waals surface area contributed by atoms with Gasteiger partial charge in [-0.2, -0.15) is 22.7 Å². The van der Waals surface area contributed by atoms with E-state index in [9.17, 15) is 8.42 Å². The van der Waals surface area contributed by atoms with Gasteiger partial charge in [-0.25, -0.2) is 0 Å². The highest BCUT2D eigenvalue weighted by Gasteiger charge is 2.30. The zero-order valence-electron chi connectivity index (χ0n) is 9.81. The van der Waals surface area contributed by atoms with Crippen LogP contribution in [-0.2, 0) is 10.2 Å². The standard InChI is InChI=1S/C10H19N3O2S/c1-3-10(8-11)12-16(14,15)13-7-5-4-6-9(13)2/h9-10,12H,3-7H2,1-2H3. The molecule has 1 aliphatic heterocycles. The molecule has 0 aromatic rings. The predicted molar refractivity (Wildman–Crippen MR) is 61.8 cm³/mol. The minimum atomic E-state index is -3.50. The molecule has 0 bridgehead atoms. The summed E-state index contributed by atoms with van der Waals surface area (Å²) in [6, 6.07) is 1.35. The lowest BCUT2D eigenvalue weighted by Crippen LogP contribution is -2.50. The molecule has 2 atom stereocenters. The number of hydrogen-bond acceptors (Lipinski definition) is 3. The van der Waals surface area contributed by atoms with E-state index in [4.69, 9.17) is 5.26 Å². The van der Waals surface area contributed by atoms with Gasteiger partial charge < -0.3 is 0 Å². The van der Waals surface area contributed by atoms with Crippen LogP contribution < -0.4 is 4.72 Å². The summed E-state index contributed by atoms with van der Waals surface area (Å²) in [6.45, 7) is 4.25. The molecule has 0 aromatic heterocycles. The van der Waals surface area contributed by atoms with Gasteiger partial charge in [-0.1, -0.05) is 13.3 Å². The van der Waals surface area contributed by atoms with E-state index < -0.39 is 16.3 Å². The quantitative estimate of drug-likeness (QED) is 0.803. The number of piperidine rings is 1. The van der Waals surface area contributed by atoms with Gasteiger partial charge >= 0.3 is 0 Å². The fourth-order valence-electron chi connectivity index (χ4n) is 1.88. The van der Waals surface area contributed by atoms with E-state index in [0.29, 0.717) is 13.0 Å². The van der Waals surface area contributed by atoms with Gasteiger partial charge in [0, 0.05) is 12.6 Å². The van der Waals surface area contributed by atoms with Crippen molar-refractivity contribution in [3.05, 3.63) is 0 Å². The van der Waals surface area contributed by atoms with E-state index in [0.717, 1.165) is 19.3 Å². The first-order chi connectivity index (χ1) is 7.51. The second kappa shape index (κ2) is 5.62. The number of hydrogen-bond donors (Lipinski definition) is 1. The molecule has 5 nitrogen and oxygen atoms in total. The number of nitrogens with one attached hydrogen (secondary N) is 1. The molecule has 6 heteroatoms. The van der Waals surface area contributed by atoms with Gasteiger partial charge in [0.05, 0.1) is 6.07 Å². The first-order valence-electron chi connectivity index (χ1n) is 5.70. The molecule has 0 aromatic carbocycles. The van der Waals surface area contributed by atoms with Gasteiger partial charge in [-0.15, -0.1) is 0 Å². The Morgan fingerprint density at radius 3 is 2.75 bits per heavy atom. The van der Waals surface area contributed by atoms with Crippen molar-refractivity contribution in [2.75, 3.05) is 6.54 Å². The van der Waals surface area contributed by atoms with Crippen LogP contribution in [0, 0.1) is 11.3 Å². The first kappa shape index (κ1) is 13.4. The highest BCUT2D eigenvalue weighted by Crippen LogP contribution is 2.19. The average molecular weight is 245 g/mol. The summed E-state index contributed by atoms with van der Waals surface area (Å²) in [5, 5.41) is 8.76. The Bertz CT molecular complexity index is 361. The van der Waals surface area contributed by atoms with Crippen molar-refractivity contribution in [1.29, 1.82) is 5.26 Å². The second-order valence-corrected chi connectivity index (χ2v) is 5.82. The van der Waals surface area contributed by atoms with Crippen molar-refractivity contribution in [3.63, 3.8) is 0 Å². The molecule has 92 valence electrons. The summed E-state index contributed by atoms with van der Waals surface area (Å²) >= 11 is 0. The molecule has 2 unspecified atom stereocenters. The third-order valence-electron chi connectivity index (χ3n) is 2.91. The normalized spacial score (nSPS) is 24.9. The Kier molecular flexibility index (Phi) is 4.71. The zero-order valence-corrected chi connectivity index (χ0v) is 10.6. The van der Waals surface area contributed by atoms with E-state index in [1.165, 1.54) is 4.31 Å². The Hall–Kier alpha value is -0.640. The van der Waals surface area contributed by atoms with Crippen LogP contribution >= 0.6 is 0 Å². The molecule has 1 heterocycles. The van der Waals surface area contributed by atoms with Crippen molar-refractivity contribution in [3.8, 4) is 6.07 Å². The van der Waals surface area contributed by atoms with E-state index in [2.05, 4.69) is 4.72 Å². The van der Waals surface area contributed by atoms with Crippen molar-refractivity contribution < 1.29 is 8.42 Å². The van der Waals surface area contributed by atoms with Gasteiger partial charge in [-0.05, 0) is 26.2 Å². The molecule has 0 aliphatic carbocycles. The molecule has 0 amide bonds. The van der Waals surface area contributed by atoms with Crippen LogP contribution in [0.1, 0.15) is 39.5 Å². The predicted octanol–water partition coefficient (Wildman–Crippen LogP) is 0.997. The summed E-state index contributed by atoms with van der Waals surface area (Å²) in [7, 11) is -3.50. The number of rotatable bonds is 4. The van der Waals surface area contributed by atoms with Crippen molar-refractivity contribution in [2.24, 2.45) is 0 Å². The first-order valence-corrected chi connectivity index (χ1v) is 7.14. The molecular weight excluding hydrogens is 226 g/mol. The summed E-state index contributed by atoms with van der Waals surface area (Å²) in [5.41, 5.74) is 0. The lowest BCUT2D eigenvalue weighted by atomic mass is 10.1. The Labute approximate surface area is 97.6 Å². The van der Waals surface area contributed by atoms with Crippen molar-refractivity contribution in [1.82, 2.24) is 9.03 Å². The van der Waals surface area contributed by atoms with Crippen molar-refractivity contribution in [2.45, 2.75) is 51.6 Å². The molecule has 1 fully saturated rings. The minimum Gasteiger partial charge on any atom is -0.197 e. The molecule has 1 saturated heterocycles. The highest BCUT2D eigenvalue weighted by atomic mass is 32.2. The molecule has 0 saturated carbocycles. The Morgan fingerprint density at radius 1 is 1.56 bits per heavy atom. The molecule has 16 heavy (non-hydrogen) atoms. The van der Waals surface area contributed by atoms with Gasteiger partial charge in [-0.3, -0.25) is 0 Å². The summed E-state index contributed by atoms with van der Waals surface area (Å²) in [5.74, 6) is 0. The maximum absolute atomic E-state index is 12.0. The van der Waals surface area contributed by atoms with Crippen LogP contribution in [0.3, 0.4) is 0 Å². The van der Waals surface area contributed by atoms with Crippen LogP contribution in [0.2, 0.25) is 0 Å². The van der Waals surface area contributed by atoms with Gasteiger partial charge in [0.1, 0.15) is 6.04 Å². The van der Waals surface area contributed by atoms with Crippen LogP contribution in [0.25, 0.3) is 0 Å². The van der Waals surface area contributed by atoms with Crippen LogP contribution in [0.15, 0.2) is 0 Å². The monoisotopic (exact) mass is 245 g/mol. The maximum atomic E-state index is 12.0. The maximum Gasteiger partial charge on any atom is 0.280 e. The SMILES string of the molecule is CCC(C#N)NS(=O)(=O)N1CCCCC1C. The average Bonchev–Trinajstić information content (AvgIpc) is 2.26. The second-order valence-electron chi connectivity index (χ2n) is 4.17. The third-order valence-corrected chi connectivity index (χ3v) is 4.65. The Balaban J connectivity index is 2.73. The molecule has 1 rings (SSSR count). The fraction of sp³-hybridized carbons (Fsp3) is 0.900.